The Morgan fingerprint density at radius 1 is 1.58 bits per heavy atom. The number of hydrogen-bond acceptors (Lipinski definition) is 4. The standard InChI is InChI=1S/C13H18N4O2/c1-2-4-14-9-3-5-15-11(6-9)13(19)17-10-7-12(18)16-8-10/h3,5-6,10H,2,4,7-8H2,1H3,(H,14,15)(H,16,18)(H,17,19). The summed E-state index contributed by atoms with van der Waals surface area (Å²) in [4.78, 5) is 27.1. The van der Waals surface area contributed by atoms with Crippen LogP contribution in [0.3, 0.4) is 0 Å². The molecule has 1 aliphatic rings. The highest BCUT2D eigenvalue weighted by atomic mass is 16.2. The van der Waals surface area contributed by atoms with Gasteiger partial charge in [-0.05, 0) is 18.6 Å². The molecule has 0 bridgehead atoms. The first-order valence-corrected chi connectivity index (χ1v) is 6.46. The molecule has 6 nitrogen and oxygen atoms in total. The van der Waals surface area contributed by atoms with E-state index in [0.717, 1.165) is 18.7 Å². The lowest BCUT2D eigenvalue weighted by atomic mass is 10.2. The lowest BCUT2D eigenvalue weighted by molar-refractivity contribution is -0.119. The third-order valence-corrected chi connectivity index (χ3v) is 2.88. The van der Waals surface area contributed by atoms with Crippen LogP contribution in [-0.2, 0) is 4.79 Å². The molecule has 0 aliphatic carbocycles. The second-order valence-electron chi connectivity index (χ2n) is 4.54. The van der Waals surface area contributed by atoms with Crippen LogP contribution in [0.4, 0.5) is 5.69 Å². The Morgan fingerprint density at radius 2 is 2.42 bits per heavy atom. The fourth-order valence-electron chi connectivity index (χ4n) is 1.90. The average Bonchev–Trinajstić information content (AvgIpc) is 2.82. The van der Waals surface area contributed by atoms with E-state index in [9.17, 15) is 9.59 Å². The fraction of sp³-hybridized carbons (Fsp3) is 0.462. The Morgan fingerprint density at radius 3 is 3.11 bits per heavy atom. The molecule has 102 valence electrons. The Hall–Kier alpha value is -2.11. The van der Waals surface area contributed by atoms with Crippen molar-refractivity contribution in [1.82, 2.24) is 15.6 Å². The topological polar surface area (TPSA) is 83.1 Å². The van der Waals surface area contributed by atoms with Crippen LogP contribution < -0.4 is 16.0 Å². The van der Waals surface area contributed by atoms with Crippen LogP contribution in [0.2, 0.25) is 0 Å². The molecule has 1 atom stereocenters. The van der Waals surface area contributed by atoms with E-state index in [4.69, 9.17) is 0 Å². The van der Waals surface area contributed by atoms with E-state index in [2.05, 4.69) is 27.9 Å². The second kappa shape index (κ2) is 6.17. The van der Waals surface area contributed by atoms with Gasteiger partial charge in [-0.3, -0.25) is 14.6 Å². The molecule has 1 saturated heterocycles. The van der Waals surface area contributed by atoms with Gasteiger partial charge in [-0.2, -0.15) is 0 Å². The molecular weight excluding hydrogens is 244 g/mol. The second-order valence-corrected chi connectivity index (χ2v) is 4.54. The van der Waals surface area contributed by atoms with Crippen molar-refractivity contribution in [3.63, 3.8) is 0 Å². The molecule has 1 aromatic heterocycles. The lowest BCUT2D eigenvalue weighted by Gasteiger charge is -2.11. The number of anilines is 1. The highest BCUT2D eigenvalue weighted by Crippen LogP contribution is 2.09. The maximum Gasteiger partial charge on any atom is 0.270 e. The minimum Gasteiger partial charge on any atom is -0.385 e. The summed E-state index contributed by atoms with van der Waals surface area (Å²) < 4.78 is 0. The molecule has 0 saturated carbocycles. The van der Waals surface area contributed by atoms with Crippen molar-refractivity contribution < 1.29 is 9.59 Å². The minimum atomic E-state index is -0.248. The van der Waals surface area contributed by atoms with Gasteiger partial charge in [-0.15, -0.1) is 0 Å². The summed E-state index contributed by atoms with van der Waals surface area (Å²) in [6, 6.07) is 3.40. The molecule has 0 spiro atoms. The van der Waals surface area contributed by atoms with E-state index in [1.54, 1.807) is 12.3 Å². The van der Waals surface area contributed by atoms with Gasteiger partial charge >= 0.3 is 0 Å². The number of nitrogens with one attached hydrogen (secondary N) is 3. The van der Waals surface area contributed by atoms with Gasteiger partial charge < -0.3 is 16.0 Å². The van der Waals surface area contributed by atoms with E-state index in [1.807, 2.05) is 6.07 Å². The van der Waals surface area contributed by atoms with Gasteiger partial charge in [0, 0.05) is 31.4 Å². The quantitative estimate of drug-likeness (QED) is 0.722. The Bertz CT molecular complexity index is 475. The normalized spacial score (nSPS) is 17.9. The summed E-state index contributed by atoms with van der Waals surface area (Å²) in [6.07, 6.45) is 2.95. The molecule has 0 aromatic carbocycles. The third-order valence-electron chi connectivity index (χ3n) is 2.88. The van der Waals surface area contributed by atoms with Crippen LogP contribution in [0.5, 0.6) is 0 Å². The van der Waals surface area contributed by atoms with E-state index in [1.165, 1.54) is 0 Å². The number of nitrogens with zero attached hydrogens (tertiary/aromatic N) is 1. The number of amides is 2. The Kier molecular flexibility index (Phi) is 4.33. The predicted molar refractivity (Wildman–Crippen MR) is 71.9 cm³/mol. The Labute approximate surface area is 112 Å². The summed E-state index contributed by atoms with van der Waals surface area (Å²) in [5.74, 6) is -0.279. The maximum atomic E-state index is 12.0. The molecule has 0 radical (unpaired) electrons. The molecule has 1 fully saturated rings. The van der Waals surface area contributed by atoms with E-state index < -0.39 is 0 Å². The zero-order valence-corrected chi connectivity index (χ0v) is 10.9. The lowest BCUT2D eigenvalue weighted by Crippen LogP contribution is -2.36. The summed E-state index contributed by atoms with van der Waals surface area (Å²) in [5, 5.41) is 8.68. The highest BCUT2D eigenvalue weighted by molar-refractivity contribution is 5.94. The van der Waals surface area contributed by atoms with Gasteiger partial charge in [-0.25, -0.2) is 0 Å². The van der Waals surface area contributed by atoms with Crippen molar-refractivity contribution >= 4 is 17.5 Å². The van der Waals surface area contributed by atoms with Gasteiger partial charge in [0.1, 0.15) is 5.69 Å². The molecule has 3 N–H and O–H groups in total. The number of rotatable bonds is 5. The smallest absolute Gasteiger partial charge is 0.270 e. The third kappa shape index (κ3) is 3.67. The number of pyridine rings is 1. The first-order chi connectivity index (χ1) is 9.19. The molecular formula is C13H18N4O2. The molecule has 1 aromatic rings. The zero-order valence-electron chi connectivity index (χ0n) is 10.9. The SMILES string of the molecule is CCCNc1ccnc(C(=O)NC2CNC(=O)C2)c1. The van der Waals surface area contributed by atoms with Gasteiger partial charge in [0.15, 0.2) is 0 Å². The number of carbonyl (C=O) groups excluding carboxylic acids is 2. The predicted octanol–water partition coefficient (Wildman–Crippen LogP) is 0.522. The average molecular weight is 262 g/mol. The molecule has 2 rings (SSSR count). The molecule has 1 unspecified atom stereocenters. The van der Waals surface area contributed by atoms with E-state index >= 15 is 0 Å². The highest BCUT2D eigenvalue weighted by Gasteiger charge is 2.23. The first-order valence-electron chi connectivity index (χ1n) is 6.46. The summed E-state index contributed by atoms with van der Waals surface area (Å²) in [5.41, 5.74) is 1.24. The number of carbonyl (C=O) groups is 2. The monoisotopic (exact) mass is 262 g/mol. The molecule has 2 heterocycles. The van der Waals surface area contributed by atoms with Crippen LogP contribution in [0.25, 0.3) is 0 Å². The molecule has 6 heteroatoms. The van der Waals surface area contributed by atoms with Crippen LogP contribution in [0.15, 0.2) is 18.3 Å². The van der Waals surface area contributed by atoms with Crippen molar-refractivity contribution in [2.24, 2.45) is 0 Å². The van der Waals surface area contributed by atoms with Crippen LogP contribution in [0.1, 0.15) is 30.3 Å². The minimum absolute atomic E-state index is 0.0309. The first kappa shape index (κ1) is 13.3. The van der Waals surface area contributed by atoms with Crippen LogP contribution in [0, 0.1) is 0 Å². The van der Waals surface area contributed by atoms with Crippen LogP contribution >= 0.6 is 0 Å². The molecule has 19 heavy (non-hydrogen) atoms. The number of hydrogen-bond donors (Lipinski definition) is 3. The number of aromatic nitrogens is 1. The molecule has 1 aliphatic heterocycles. The largest absolute Gasteiger partial charge is 0.385 e. The van der Waals surface area contributed by atoms with Gasteiger partial charge in [0.25, 0.3) is 5.91 Å². The zero-order chi connectivity index (χ0) is 13.7. The van der Waals surface area contributed by atoms with E-state index in [0.29, 0.717) is 18.7 Å². The maximum absolute atomic E-state index is 12.0. The van der Waals surface area contributed by atoms with Crippen molar-refractivity contribution in [3.8, 4) is 0 Å². The van der Waals surface area contributed by atoms with Crippen molar-refractivity contribution in [2.75, 3.05) is 18.4 Å². The van der Waals surface area contributed by atoms with Crippen molar-refractivity contribution in [3.05, 3.63) is 24.0 Å². The summed E-state index contributed by atoms with van der Waals surface area (Å²) >= 11 is 0. The summed E-state index contributed by atoms with van der Waals surface area (Å²) in [6.45, 7) is 3.41. The fourth-order valence-corrected chi connectivity index (χ4v) is 1.90. The van der Waals surface area contributed by atoms with Crippen LogP contribution in [-0.4, -0.2) is 35.9 Å². The van der Waals surface area contributed by atoms with Gasteiger partial charge in [-0.1, -0.05) is 6.92 Å². The molecule has 2 amide bonds. The van der Waals surface area contributed by atoms with Gasteiger partial charge in [0.2, 0.25) is 5.91 Å². The van der Waals surface area contributed by atoms with Crippen molar-refractivity contribution in [2.45, 2.75) is 25.8 Å². The summed E-state index contributed by atoms with van der Waals surface area (Å²) in [7, 11) is 0. The Balaban J connectivity index is 1.96. The van der Waals surface area contributed by atoms with Crippen molar-refractivity contribution in [1.29, 1.82) is 0 Å². The van der Waals surface area contributed by atoms with E-state index in [-0.39, 0.29) is 17.9 Å². The van der Waals surface area contributed by atoms with Gasteiger partial charge in [0.05, 0.1) is 6.04 Å².